The number of benzene rings is 2. The standard InChI is InChI=1S/C19H20N6/c1-25(2)10-9-20-19-16-6-4-3-5-14(16)15-8-7-13(11-17(15)22-19)18-12-21-24-23-18/h3-8,11H,9-10,12H2,1-2H3,(H,20,22). The van der Waals surface area contributed by atoms with Crippen LogP contribution in [-0.4, -0.2) is 49.3 Å². The smallest absolute Gasteiger partial charge is 0.134 e. The van der Waals surface area contributed by atoms with Crippen LogP contribution in [0.3, 0.4) is 0 Å². The maximum absolute atomic E-state index is 4.89. The van der Waals surface area contributed by atoms with Crippen molar-refractivity contribution in [3.8, 4) is 0 Å². The number of rotatable bonds is 5. The molecule has 0 aliphatic carbocycles. The molecule has 1 aliphatic rings. The van der Waals surface area contributed by atoms with E-state index in [9.17, 15) is 0 Å². The highest BCUT2D eigenvalue weighted by Crippen LogP contribution is 2.30. The molecule has 0 bridgehead atoms. The van der Waals surface area contributed by atoms with E-state index in [1.165, 1.54) is 5.39 Å². The Morgan fingerprint density at radius 2 is 1.88 bits per heavy atom. The van der Waals surface area contributed by atoms with Gasteiger partial charge in [-0.25, -0.2) is 4.98 Å². The van der Waals surface area contributed by atoms with Crippen LogP contribution in [0.5, 0.6) is 0 Å². The third-order valence-electron chi connectivity index (χ3n) is 4.34. The summed E-state index contributed by atoms with van der Waals surface area (Å²) >= 11 is 0. The summed E-state index contributed by atoms with van der Waals surface area (Å²) in [6, 6.07) is 14.7. The normalized spacial score (nSPS) is 13.8. The molecule has 2 heterocycles. The molecule has 0 radical (unpaired) electrons. The second-order valence-electron chi connectivity index (χ2n) is 6.40. The molecule has 1 aliphatic heterocycles. The molecule has 3 aromatic rings. The molecule has 0 unspecified atom stereocenters. The molecule has 0 saturated heterocycles. The van der Waals surface area contributed by atoms with E-state index in [4.69, 9.17) is 4.98 Å². The Balaban J connectivity index is 1.81. The molecule has 0 spiro atoms. The minimum Gasteiger partial charge on any atom is -0.368 e. The van der Waals surface area contributed by atoms with Crippen molar-refractivity contribution in [1.29, 1.82) is 0 Å². The Bertz CT molecular complexity index is 990. The van der Waals surface area contributed by atoms with Crippen molar-refractivity contribution in [1.82, 2.24) is 9.88 Å². The molecule has 0 fully saturated rings. The lowest BCUT2D eigenvalue weighted by Gasteiger charge is -2.14. The lowest BCUT2D eigenvalue weighted by molar-refractivity contribution is 0.425. The molecule has 0 atom stereocenters. The van der Waals surface area contributed by atoms with Gasteiger partial charge in [-0.15, -0.1) is 5.10 Å². The van der Waals surface area contributed by atoms with Gasteiger partial charge in [0.05, 0.1) is 11.2 Å². The fourth-order valence-corrected chi connectivity index (χ4v) is 3.03. The number of likely N-dealkylation sites (N-methyl/N-ethyl adjacent to an activating group) is 1. The van der Waals surface area contributed by atoms with Crippen molar-refractivity contribution in [2.45, 2.75) is 0 Å². The second kappa shape index (κ2) is 6.57. The zero-order chi connectivity index (χ0) is 17.2. The van der Waals surface area contributed by atoms with Crippen LogP contribution in [0, 0.1) is 0 Å². The molecule has 6 heteroatoms. The molecular formula is C19H20N6. The van der Waals surface area contributed by atoms with Gasteiger partial charge in [-0.1, -0.05) is 36.4 Å². The minimum absolute atomic E-state index is 0.535. The van der Waals surface area contributed by atoms with Gasteiger partial charge in [-0.2, -0.15) is 5.11 Å². The van der Waals surface area contributed by atoms with Crippen molar-refractivity contribution in [3.63, 3.8) is 0 Å². The number of hydrogen-bond donors (Lipinski definition) is 1. The van der Waals surface area contributed by atoms with E-state index in [2.05, 4.69) is 82.2 Å². The van der Waals surface area contributed by atoms with Crippen LogP contribution in [0.25, 0.3) is 21.7 Å². The molecule has 1 aromatic heterocycles. The van der Waals surface area contributed by atoms with Crippen molar-refractivity contribution < 1.29 is 0 Å². The topological polar surface area (TPSA) is 65.2 Å². The van der Waals surface area contributed by atoms with Gasteiger partial charge in [-0.05, 0) is 30.8 Å². The highest BCUT2D eigenvalue weighted by molar-refractivity contribution is 6.12. The first kappa shape index (κ1) is 15.7. The summed E-state index contributed by atoms with van der Waals surface area (Å²) in [4.78, 5) is 7.04. The van der Waals surface area contributed by atoms with Gasteiger partial charge in [-0.3, -0.25) is 0 Å². The fraction of sp³-hybridized carbons (Fsp3) is 0.263. The predicted molar refractivity (Wildman–Crippen MR) is 103 cm³/mol. The third-order valence-corrected chi connectivity index (χ3v) is 4.34. The van der Waals surface area contributed by atoms with Gasteiger partial charge < -0.3 is 10.2 Å². The van der Waals surface area contributed by atoms with Crippen LogP contribution in [0.15, 0.2) is 57.9 Å². The van der Waals surface area contributed by atoms with E-state index in [0.717, 1.165) is 46.5 Å². The second-order valence-corrected chi connectivity index (χ2v) is 6.40. The summed E-state index contributed by atoms with van der Waals surface area (Å²) in [5.41, 5.74) is 2.87. The van der Waals surface area contributed by atoms with Gasteiger partial charge in [0.25, 0.3) is 0 Å². The van der Waals surface area contributed by atoms with Crippen LogP contribution in [0.4, 0.5) is 5.82 Å². The maximum atomic E-state index is 4.89. The quantitative estimate of drug-likeness (QED) is 0.727. The summed E-state index contributed by atoms with van der Waals surface area (Å²) < 4.78 is 0. The molecule has 1 N–H and O–H groups in total. The summed E-state index contributed by atoms with van der Waals surface area (Å²) in [6.07, 6.45) is 0. The summed E-state index contributed by atoms with van der Waals surface area (Å²) in [5, 5.41) is 18.7. The number of nitrogens with zero attached hydrogens (tertiary/aromatic N) is 5. The van der Waals surface area contributed by atoms with Gasteiger partial charge in [0.1, 0.15) is 12.4 Å². The molecule has 4 rings (SSSR count). The van der Waals surface area contributed by atoms with E-state index in [-0.39, 0.29) is 0 Å². The maximum Gasteiger partial charge on any atom is 0.134 e. The van der Waals surface area contributed by atoms with Crippen LogP contribution < -0.4 is 5.32 Å². The van der Waals surface area contributed by atoms with Crippen molar-refractivity contribution in [2.24, 2.45) is 15.4 Å². The van der Waals surface area contributed by atoms with Crippen LogP contribution in [0.1, 0.15) is 5.56 Å². The first-order valence-electron chi connectivity index (χ1n) is 8.37. The molecule has 6 nitrogen and oxygen atoms in total. The van der Waals surface area contributed by atoms with Crippen LogP contribution >= 0.6 is 0 Å². The van der Waals surface area contributed by atoms with E-state index in [0.29, 0.717) is 6.54 Å². The van der Waals surface area contributed by atoms with E-state index in [1.807, 2.05) is 0 Å². The Kier molecular flexibility index (Phi) is 4.11. The number of pyridine rings is 1. The molecular weight excluding hydrogens is 312 g/mol. The van der Waals surface area contributed by atoms with E-state index in [1.54, 1.807) is 0 Å². The lowest BCUT2D eigenvalue weighted by Crippen LogP contribution is -2.21. The Morgan fingerprint density at radius 3 is 2.64 bits per heavy atom. The van der Waals surface area contributed by atoms with Gasteiger partial charge in [0, 0.05) is 29.4 Å². The zero-order valence-corrected chi connectivity index (χ0v) is 14.4. The van der Waals surface area contributed by atoms with Crippen LogP contribution in [0.2, 0.25) is 0 Å². The highest BCUT2D eigenvalue weighted by Gasteiger charge is 2.12. The lowest BCUT2D eigenvalue weighted by atomic mass is 10.0. The zero-order valence-electron chi connectivity index (χ0n) is 14.4. The number of aromatic nitrogens is 1. The van der Waals surface area contributed by atoms with Crippen molar-refractivity contribution in [2.75, 3.05) is 39.0 Å². The largest absolute Gasteiger partial charge is 0.368 e. The van der Waals surface area contributed by atoms with E-state index < -0.39 is 0 Å². The van der Waals surface area contributed by atoms with Gasteiger partial charge in [0.15, 0.2) is 0 Å². The summed E-state index contributed by atoms with van der Waals surface area (Å²) in [6.45, 7) is 2.33. The number of anilines is 1. The first-order chi connectivity index (χ1) is 12.2. The average Bonchev–Trinajstić information content (AvgIpc) is 3.16. The molecule has 25 heavy (non-hydrogen) atoms. The molecule has 0 saturated carbocycles. The van der Waals surface area contributed by atoms with E-state index >= 15 is 0 Å². The third kappa shape index (κ3) is 3.08. The van der Waals surface area contributed by atoms with Crippen molar-refractivity contribution >= 4 is 33.2 Å². The SMILES string of the molecule is CN(C)CCNc1nc2cc(C3=NN=NC3)ccc2c2ccccc12. The number of fused-ring (bicyclic) bond motifs is 3. The number of nitrogens with one attached hydrogen (secondary N) is 1. The first-order valence-corrected chi connectivity index (χ1v) is 8.37. The molecule has 2 aromatic carbocycles. The summed E-state index contributed by atoms with van der Waals surface area (Å²) in [7, 11) is 4.14. The Labute approximate surface area is 146 Å². The molecule has 126 valence electrons. The average molecular weight is 332 g/mol. The predicted octanol–water partition coefficient (Wildman–Crippen LogP) is 3.53. The molecule has 0 amide bonds. The van der Waals surface area contributed by atoms with Gasteiger partial charge in [0.2, 0.25) is 0 Å². The Hall–Kier alpha value is -2.86. The van der Waals surface area contributed by atoms with Crippen molar-refractivity contribution in [3.05, 3.63) is 48.0 Å². The fourth-order valence-electron chi connectivity index (χ4n) is 3.03. The van der Waals surface area contributed by atoms with Gasteiger partial charge >= 0.3 is 0 Å². The number of hydrogen-bond acceptors (Lipinski definition) is 6. The monoisotopic (exact) mass is 332 g/mol. The Morgan fingerprint density at radius 1 is 1.04 bits per heavy atom. The minimum atomic E-state index is 0.535. The van der Waals surface area contributed by atoms with Crippen LogP contribution in [-0.2, 0) is 0 Å². The highest BCUT2D eigenvalue weighted by atomic mass is 15.4. The summed E-state index contributed by atoms with van der Waals surface area (Å²) in [5.74, 6) is 0.921.